The lowest BCUT2D eigenvalue weighted by molar-refractivity contribution is -0.132. The van der Waals surface area contributed by atoms with Gasteiger partial charge in [0.2, 0.25) is 11.8 Å². The van der Waals surface area contributed by atoms with E-state index >= 15 is 0 Å². The first-order valence-electron chi connectivity index (χ1n) is 11.1. The topological polar surface area (TPSA) is 73.0 Å². The molecule has 1 N–H and O–H groups in total. The minimum absolute atomic E-state index is 0.0217. The van der Waals surface area contributed by atoms with Crippen molar-refractivity contribution in [2.75, 3.05) is 49.5 Å². The first-order valence-corrected chi connectivity index (χ1v) is 11.1. The summed E-state index contributed by atoms with van der Waals surface area (Å²) in [5, 5.41) is 2.87. The van der Waals surface area contributed by atoms with E-state index in [1.165, 1.54) is 0 Å². The van der Waals surface area contributed by atoms with Gasteiger partial charge in [0.25, 0.3) is 5.91 Å². The Morgan fingerprint density at radius 3 is 2.23 bits per heavy atom. The molecule has 0 aliphatic carbocycles. The van der Waals surface area contributed by atoms with Crippen LogP contribution < -0.4 is 10.2 Å². The van der Waals surface area contributed by atoms with Crippen LogP contribution in [0.2, 0.25) is 0 Å². The summed E-state index contributed by atoms with van der Waals surface area (Å²) < 4.78 is 0. The summed E-state index contributed by atoms with van der Waals surface area (Å²) in [5.74, 6) is 0.509. The Hall–Kier alpha value is -2.57. The average Bonchev–Trinajstić information content (AvgIpc) is 3.27. The fraction of sp³-hybridized carbons (Fsp3) is 0.609. The van der Waals surface area contributed by atoms with Gasteiger partial charge in [-0.15, -0.1) is 0 Å². The number of likely N-dealkylation sites (tertiary alicyclic amines) is 1. The fourth-order valence-electron chi connectivity index (χ4n) is 4.08. The third-order valence-corrected chi connectivity index (χ3v) is 5.78. The van der Waals surface area contributed by atoms with Crippen molar-refractivity contribution in [3.8, 4) is 0 Å². The first kappa shape index (κ1) is 22.1. The van der Waals surface area contributed by atoms with Crippen molar-refractivity contribution in [3.63, 3.8) is 0 Å². The molecule has 30 heavy (non-hydrogen) atoms. The van der Waals surface area contributed by atoms with Gasteiger partial charge in [0.05, 0.1) is 5.56 Å². The minimum Gasteiger partial charge on any atom is -0.367 e. The number of nitrogens with zero attached hydrogens (tertiary/aromatic N) is 3. The lowest BCUT2D eigenvalue weighted by Gasteiger charge is -2.37. The number of rotatable bonds is 6. The SMILES string of the molecule is CCC(=O)Nc1ccc(N2CCN(C(=O)CC(C)C)CC2)c(C(=O)N2CCCC2)c1. The van der Waals surface area contributed by atoms with Crippen LogP contribution in [0.25, 0.3) is 0 Å². The zero-order valence-electron chi connectivity index (χ0n) is 18.4. The van der Waals surface area contributed by atoms with Crippen molar-refractivity contribution in [2.45, 2.75) is 46.5 Å². The number of hydrogen-bond acceptors (Lipinski definition) is 4. The molecule has 1 aromatic rings. The lowest BCUT2D eigenvalue weighted by Crippen LogP contribution is -2.49. The number of benzene rings is 1. The highest BCUT2D eigenvalue weighted by atomic mass is 16.2. The van der Waals surface area contributed by atoms with E-state index in [1.807, 2.05) is 21.9 Å². The number of amides is 3. The molecule has 164 valence electrons. The van der Waals surface area contributed by atoms with Crippen LogP contribution in [0, 0.1) is 5.92 Å². The standard InChI is InChI=1S/C23H34N4O3/c1-4-21(28)24-18-7-8-20(19(16-18)23(30)27-9-5-6-10-27)25-11-13-26(14-12-25)22(29)15-17(2)3/h7-8,16-17H,4-6,9-15H2,1-3H3,(H,24,28). The molecular weight excluding hydrogens is 380 g/mol. The maximum absolute atomic E-state index is 13.2. The van der Waals surface area contributed by atoms with Gasteiger partial charge in [-0.1, -0.05) is 20.8 Å². The number of carbonyl (C=O) groups is 3. The molecule has 1 aromatic carbocycles. The van der Waals surface area contributed by atoms with Gasteiger partial charge in [0.1, 0.15) is 0 Å². The van der Waals surface area contributed by atoms with Gasteiger partial charge < -0.3 is 20.0 Å². The Labute approximate surface area is 179 Å². The predicted molar refractivity (Wildman–Crippen MR) is 119 cm³/mol. The van der Waals surface area contributed by atoms with E-state index in [0.717, 1.165) is 31.6 Å². The largest absolute Gasteiger partial charge is 0.367 e. The highest BCUT2D eigenvalue weighted by molar-refractivity contribution is 6.02. The molecular formula is C23H34N4O3. The second-order valence-corrected chi connectivity index (χ2v) is 8.60. The quantitative estimate of drug-likeness (QED) is 0.777. The molecule has 2 aliphatic heterocycles. The van der Waals surface area contributed by atoms with Gasteiger partial charge in [0.15, 0.2) is 0 Å². The molecule has 2 heterocycles. The van der Waals surface area contributed by atoms with E-state index in [0.29, 0.717) is 56.2 Å². The summed E-state index contributed by atoms with van der Waals surface area (Å²) >= 11 is 0. The van der Waals surface area contributed by atoms with E-state index in [-0.39, 0.29) is 17.7 Å². The third kappa shape index (κ3) is 5.32. The lowest BCUT2D eigenvalue weighted by atomic mass is 10.1. The van der Waals surface area contributed by atoms with Gasteiger partial charge in [-0.05, 0) is 37.0 Å². The van der Waals surface area contributed by atoms with E-state index < -0.39 is 0 Å². The van der Waals surface area contributed by atoms with Crippen LogP contribution in [-0.4, -0.2) is 66.8 Å². The summed E-state index contributed by atoms with van der Waals surface area (Å²) in [5.41, 5.74) is 2.17. The summed E-state index contributed by atoms with van der Waals surface area (Å²) in [6, 6.07) is 5.60. The average molecular weight is 415 g/mol. The van der Waals surface area contributed by atoms with Crippen molar-refractivity contribution in [3.05, 3.63) is 23.8 Å². The number of hydrogen-bond donors (Lipinski definition) is 1. The van der Waals surface area contributed by atoms with Gasteiger partial charge in [0, 0.05) is 63.5 Å². The van der Waals surface area contributed by atoms with Gasteiger partial charge in [-0.3, -0.25) is 14.4 Å². The fourth-order valence-corrected chi connectivity index (χ4v) is 4.08. The molecule has 0 bridgehead atoms. The third-order valence-electron chi connectivity index (χ3n) is 5.78. The van der Waals surface area contributed by atoms with E-state index in [9.17, 15) is 14.4 Å². The smallest absolute Gasteiger partial charge is 0.256 e. The zero-order chi connectivity index (χ0) is 21.7. The Balaban J connectivity index is 1.78. The highest BCUT2D eigenvalue weighted by Gasteiger charge is 2.27. The van der Waals surface area contributed by atoms with Crippen LogP contribution in [0.4, 0.5) is 11.4 Å². The van der Waals surface area contributed by atoms with Crippen LogP contribution in [0.5, 0.6) is 0 Å². The molecule has 0 saturated carbocycles. The molecule has 3 rings (SSSR count). The number of anilines is 2. The number of piperazine rings is 1. The van der Waals surface area contributed by atoms with Gasteiger partial charge >= 0.3 is 0 Å². The second-order valence-electron chi connectivity index (χ2n) is 8.60. The molecule has 0 unspecified atom stereocenters. The molecule has 0 atom stereocenters. The van der Waals surface area contributed by atoms with Crippen LogP contribution >= 0.6 is 0 Å². The molecule has 7 heteroatoms. The Morgan fingerprint density at radius 1 is 0.967 bits per heavy atom. The van der Waals surface area contributed by atoms with Crippen molar-refractivity contribution < 1.29 is 14.4 Å². The van der Waals surface area contributed by atoms with Gasteiger partial charge in [-0.25, -0.2) is 0 Å². The van der Waals surface area contributed by atoms with Crippen molar-refractivity contribution >= 4 is 29.1 Å². The molecule has 2 aliphatic rings. The highest BCUT2D eigenvalue weighted by Crippen LogP contribution is 2.28. The number of nitrogens with one attached hydrogen (secondary N) is 1. The summed E-state index contributed by atoms with van der Waals surface area (Å²) in [6.07, 6.45) is 3.03. The molecule has 0 spiro atoms. The van der Waals surface area contributed by atoms with Crippen molar-refractivity contribution in [1.82, 2.24) is 9.80 Å². The van der Waals surface area contributed by atoms with Crippen LogP contribution in [0.1, 0.15) is 56.8 Å². The second kappa shape index (κ2) is 9.96. The summed E-state index contributed by atoms with van der Waals surface area (Å²) in [7, 11) is 0. The Morgan fingerprint density at radius 2 is 1.63 bits per heavy atom. The Bertz CT molecular complexity index is 779. The maximum Gasteiger partial charge on any atom is 0.256 e. The summed E-state index contributed by atoms with van der Waals surface area (Å²) in [4.78, 5) is 43.5. The van der Waals surface area contributed by atoms with E-state index in [2.05, 4.69) is 24.1 Å². The zero-order valence-corrected chi connectivity index (χ0v) is 18.4. The maximum atomic E-state index is 13.2. The number of carbonyl (C=O) groups excluding carboxylic acids is 3. The van der Waals surface area contributed by atoms with Gasteiger partial charge in [-0.2, -0.15) is 0 Å². The monoisotopic (exact) mass is 414 g/mol. The van der Waals surface area contributed by atoms with Crippen LogP contribution in [0.15, 0.2) is 18.2 Å². The van der Waals surface area contributed by atoms with E-state index in [1.54, 1.807) is 13.0 Å². The molecule has 2 fully saturated rings. The molecule has 3 amide bonds. The molecule has 2 saturated heterocycles. The first-order chi connectivity index (χ1) is 14.4. The molecule has 0 radical (unpaired) electrons. The van der Waals surface area contributed by atoms with Crippen molar-refractivity contribution in [1.29, 1.82) is 0 Å². The van der Waals surface area contributed by atoms with Crippen LogP contribution in [-0.2, 0) is 9.59 Å². The van der Waals surface area contributed by atoms with Crippen LogP contribution in [0.3, 0.4) is 0 Å². The Kier molecular flexibility index (Phi) is 7.34. The normalized spacial score (nSPS) is 16.9. The minimum atomic E-state index is -0.0698. The molecule has 7 nitrogen and oxygen atoms in total. The summed E-state index contributed by atoms with van der Waals surface area (Å²) in [6.45, 7) is 10.2. The van der Waals surface area contributed by atoms with E-state index in [4.69, 9.17) is 0 Å². The predicted octanol–water partition coefficient (Wildman–Crippen LogP) is 2.97. The van der Waals surface area contributed by atoms with Crippen molar-refractivity contribution in [2.24, 2.45) is 5.92 Å². The molecule has 0 aromatic heterocycles.